The summed E-state index contributed by atoms with van der Waals surface area (Å²) in [6.45, 7) is 9.13. The smallest absolute Gasteiger partial charge is 0.357 e. The molecule has 0 aliphatic heterocycles. The van der Waals surface area contributed by atoms with Crippen LogP contribution in [-0.2, 0) is 26.1 Å². The lowest BCUT2D eigenvalue weighted by molar-refractivity contribution is -0.140. The number of nitrogens with one attached hydrogen (secondary N) is 2. The van der Waals surface area contributed by atoms with E-state index in [1.807, 2.05) is 32.5 Å². The number of hydrogen-bond donors (Lipinski definition) is 2. The molecule has 0 amide bonds. The van der Waals surface area contributed by atoms with E-state index in [9.17, 15) is 13.2 Å². The van der Waals surface area contributed by atoms with Crippen LogP contribution in [0.5, 0.6) is 0 Å². The highest BCUT2D eigenvalue weighted by molar-refractivity contribution is 14.0. The van der Waals surface area contributed by atoms with E-state index in [0.717, 1.165) is 34.5 Å². The minimum absolute atomic E-state index is 0. The van der Waals surface area contributed by atoms with Gasteiger partial charge in [0.25, 0.3) is 0 Å². The van der Waals surface area contributed by atoms with Crippen LogP contribution < -0.4 is 10.6 Å². The summed E-state index contributed by atoms with van der Waals surface area (Å²) in [6.07, 6.45) is -3.23. The van der Waals surface area contributed by atoms with E-state index >= 15 is 0 Å². The molecule has 1 atom stereocenters. The highest BCUT2D eigenvalue weighted by atomic mass is 127. The molecular formula is C18H28F3IN6S. The molecule has 2 N–H and O–H groups in total. The van der Waals surface area contributed by atoms with Crippen LogP contribution in [0, 0.1) is 13.8 Å². The summed E-state index contributed by atoms with van der Waals surface area (Å²) in [5.41, 5.74) is 2.52. The van der Waals surface area contributed by atoms with Gasteiger partial charge in [-0.3, -0.25) is 9.67 Å². The molecule has 29 heavy (non-hydrogen) atoms. The standard InChI is InChI=1S/C18H27F3N6S.HI/c1-6-22-17(23-8-7-16-25-15(10-28-16)18(19,20)21)24-11(2)9-14-12(3)26-27(5)13(14)4;/h10-11H,6-9H2,1-5H3,(H2,22,23,24);1H. The van der Waals surface area contributed by atoms with Crippen LogP contribution >= 0.6 is 35.3 Å². The molecule has 6 nitrogen and oxygen atoms in total. The highest BCUT2D eigenvalue weighted by Crippen LogP contribution is 2.30. The van der Waals surface area contributed by atoms with Crippen molar-refractivity contribution in [2.75, 3.05) is 13.1 Å². The van der Waals surface area contributed by atoms with Crippen molar-refractivity contribution in [2.24, 2.45) is 12.0 Å². The van der Waals surface area contributed by atoms with Gasteiger partial charge in [0, 0.05) is 43.7 Å². The third-order valence-corrected chi connectivity index (χ3v) is 5.24. The molecule has 11 heteroatoms. The van der Waals surface area contributed by atoms with Gasteiger partial charge in [-0.2, -0.15) is 18.3 Å². The number of halogens is 4. The van der Waals surface area contributed by atoms with Gasteiger partial charge in [0.1, 0.15) is 0 Å². The molecule has 0 radical (unpaired) electrons. The van der Waals surface area contributed by atoms with Crippen molar-refractivity contribution in [3.05, 3.63) is 33.0 Å². The number of rotatable bonds is 7. The first-order valence-corrected chi connectivity index (χ1v) is 10.0. The Morgan fingerprint density at radius 2 is 2.03 bits per heavy atom. The Morgan fingerprint density at radius 3 is 2.55 bits per heavy atom. The maximum absolute atomic E-state index is 12.6. The van der Waals surface area contributed by atoms with Crippen molar-refractivity contribution < 1.29 is 13.2 Å². The van der Waals surface area contributed by atoms with Crippen molar-refractivity contribution >= 4 is 41.3 Å². The number of guanidine groups is 1. The molecule has 2 heterocycles. The lowest BCUT2D eigenvalue weighted by Gasteiger charge is -2.18. The predicted molar refractivity (Wildman–Crippen MR) is 121 cm³/mol. The van der Waals surface area contributed by atoms with Crippen molar-refractivity contribution in [3.8, 4) is 0 Å². The van der Waals surface area contributed by atoms with Crippen molar-refractivity contribution in [1.29, 1.82) is 0 Å². The molecule has 0 saturated heterocycles. The Bertz CT molecular complexity index is 815. The highest BCUT2D eigenvalue weighted by Gasteiger charge is 2.33. The second-order valence-electron chi connectivity index (χ2n) is 6.66. The molecule has 0 aromatic carbocycles. The zero-order valence-corrected chi connectivity index (χ0v) is 20.4. The fraction of sp³-hybridized carbons (Fsp3) is 0.611. The molecule has 0 aliphatic rings. The Morgan fingerprint density at radius 1 is 1.34 bits per heavy atom. The number of nitrogens with zero attached hydrogens (tertiary/aromatic N) is 4. The molecule has 2 aromatic heterocycles. The van der Waals surface area contributed by atoms with Crippen LogP contribution in [-0.4, -0.2) is 39.9 Å². The molecule has 1 unspecified atom stereocenters. The zero-order chi connectivity index (χ0) is 20.9. The maximum Gasteiger partial charge on any atom is 0.434 e. The van der Waals surface area contributed by atoms with Crippen LogP contribution in [0.4, 0.5) is 13.2 Å². The first kappa shape index (κ1) is 25.7. The molecule has 0 saturated carbocycles. The number of aromatic nitrogens is 3. The quantitative estimate of drug-likeness (QED) is 0.316. The monoisotopic (exact) mass is 544 g/mol. The van der Waals surface area contributed by atoms with Crippen LogP contribution in [0.1, 0.15) is 41.5 Å². The van der Waals surface area contributed by atoms with Gasteiger partial charge in [0.2, 0.25) is 0 Å². The van der Waals surface area contributed by atoms with E-state index in [1.165, 1.54) is 5.56 Å². The molecule has 2 aromatic rings. The van der Waals surface area contributed by atoms with E-state index in [1.54, 1.807) is 0 Å². The summed E-state index contributed by atoms with van der Waals surface area (Å²) in [7, 11) is 1.93. The predicted octanol–water partition coefficient (Wildman–Crippen LogP) is 3.86. The maximum atomic E-state index is 12.6. The Labute approximate surface area is 190 Å². The number of aliphatic imine (C=N–C) groups is 1. The average molecular weight is 544 g/mol. The van der Waals surface area contributed by atoms with Crippen LogP contribution in [0.3, 0.4) is 0 Å². The summed E-state index contributed by atoms with van der Waals surface area (Å²) in [5.74, 6) is 0.641. The zero-order valence-electron chi connectivity index (χ0n) is 17.2. The SMILES string of the molecule is CCNC(=NCCc1nc(C(F)(F)F)cs1)NC(C)Cc1c(C)nn(C)c1C.I. The van der Waals surface area contributed by atoms with Crippen molar-refractivity contribution in [1.82, 2.24) is 25.4 Å². The first-order valence-electron chi connectivity index (χ1n) is 9.17. The van der Waals surface area contributed by atoms with E-state index in [2.05, 4.69) is 32.6 Å². The van der Waals surface area contributed by atoms with Gasteiger partial charge in [-0.05, 0) is 39.7 Å². The second-order valence-corrected chi connectivity index (χ2v) is 7.60. The second kappa shape index (κ2) is 11.1. The van der Waals surface area contributed by atoms with Gasteiger partial charge in [0.15, 0.2) is 11.7 Å². The topological polar surface area (TPSA) is 67.1 Å². The van der Waals surface area contributed by atoms with Crippen LogP contribution in [0.2, 0.25) is 0 Å². The molecule has 0 aliphatic carbocycles. The molecular weight excluding hydrogens is 516 g/mol. The van der Waals surface area contributed by atoms with Crippen LogP contribution in [0.15, 0.2) is 10.4 Å². The van der Waals surface area contributed by atoms with Gasteiger partial charge >= 0.3 is 6.18 Å². The first-order chi connectivity index (χ1) is 13.1. The minimum atomic E-state index is -4.40. The van der Waals surface area contributed by atoms with Crippen LogP contribution in [0.25, 0.3) is 0 Å². The molecule has 0 fully saturated rings. The Kier molecular flexibility index (Phi) is 9.86. The van der Waals surface area contributed by atoms with Gasteiger partial charge in [-0.1, -0.05) is 0 Å². The fourth-order valence-electron chi connectivity index (χ4n) is 2.84. The summed E-state index contributed by atoms with van der Waals surface area (Å²) in [4.78, 5) is 8.11. The summed E-state index contributed by atoms with van der Waals surface area (Å²) in [5, 5.41) is 12.4. The molecule has 2 rings (SSSR count). The van der Waals surface area contributed by atoms with E-state index in [0.29, 0.717) is 30.5 Å². The van der Waals surface area contributed by atoms with Gasteiger partial charge < -0.3 is 10.6 Å². The minimum Gasteiger partial charge on any atom is -0.357 e. The fourth-order valence-corrected chi connectivity index (χ4v) is 3.64. The average Bonchev–Trinajstić information content (AvgIpc) is 3.16. The third kappa shape index (κ3) is 7.43. The van der Waals surface area contributed by atoms with E-state index < -0.39 is 11.9 Å². The number of alkyl halides is 3. The number of thiazole rings is 1. The lowest BCUT2D eigenvalue weighted by Crippen LogP contribution is -2.43. The molecule has 0 spiro atoms. The molecule has 0 bridgehead atoms. The number of aryl methyl sites for hydroxylation is 2. The number of hydrogen-bond acceptors (Lipinski definition) is 4. The normalized spacial score (nSPS) is 13.2. The van der Waals surface area contributed by atoms with E-state index in [4.69, 9.17) is 0 Å². The van der Waals surface area contributed by atoms with Gasteiger partial charge in [-0.25, -0.2) is 4.98 Å². The van der Waals surface area contributed by atoms with E-state index in [-0.39, 0.29) is 30.0 Å². The summed E-state index contributed by atoms with van der Waals surface area (Å²) < 4.78 is 39.7. The Balaban J connectivity index is 0.00000420. The van der Waals surface area contributed by atoms with Crippen molar-refractivity contribution in [3.63, 3.8) is 0 Å². The van der Waals surface area contributed by atoms with Gasteiger partial charge in [0.05, 0.1) is 10.7 Å². The van der Waals surface area contributed by atoms with Gasteiger partial charge in [-0.15, -0.1) is 35.3 Å². The Hall–Kier alpha value is -1.37. The largest absolute Gasteiger partial charge is 0.434 e. The summed E-state index contributed by atoms with van der Waals surface area (Å²) >= 11 is 1.01. The summed E-state index contributed by atoms with van der Waals surface area (Å²) in [6, 6.07) is 0.121. The van der Waals surface area contributed by atoms with Crippen molar-refractivity contribution in [2.45, 2.75) is 52.8 Å². The lowest BCUT2D eigenvalue weighted by atomic mass is 10.1. The molecule has 164 valence electrons. The third-order valence-electron chi connectivity index (χ3n) is 4.33.